The van der Waals surface area contributed by atoms with E-state index in [4.69, 9.17) is 0 Å². The monoisotopic (exact) mass is 229 g/mol. The first-order valence-corrected chi connectivity index (χ1v) is 5.59. The van der Waals surface area contributed by atoms with Crippen LogP contribution in [0.25, 0.3) is 0 Å². The largest absolute Gasteiger partial charge is 0.383 e. The Morgan fingerprint density at radius 1 is 1.35 bits per heavy atom. The number of aromatic amines is 1. The highest BCUT2D eigenvalue weighted by molar-refractivity contribution is 5.39. The fourth-order valence-electron chi connectivity index (χ4n) is 1.70. The van der Waals surface area contributed by atoms with Gasteiger partial charge in [-0.2, -0.15) is 5.10 Å². The van der Waals surface area contributed by atoms with E-state index in [1.54, 1.807) is 6.20 Å². The van der Waals surface area contributed by atoms with Crippen LogP contribution in [0.2, 0.25) is 0 Å². The van der Waals surface area contributed by atoms with E-state index < -0.39 is 0 Å². The van der Waals surface area contributed by atoms with Gasteiger partial charge in [0, 0.05) is 12.6 Å². The van der Waals surface area contributed by atoms with Gasteiger partial charge in [0.25, 0.3) is 5.56 Å². The highest BCUT2D eigenvalue weighted by Crippen LogP contribution is 2.08. The predicted octanol–water partition coefficient (Wildman–Crippen LogP) is 1.73. The van der Waals surface area contributed by atoms with Crippen molar-refractivity contribution in [2.24, 2.45) is 0 Å². The van der Waals surface area contributed by atoms with E-state index in [1.165, 1.54) is 17.2 Å². The Kier molecular flexibility index (Phi) is 3.55. The van der Waals surface area contributed by atoms with Crippen LogP contribution in [0, 0.1) is 6.92 Å². The van der Waals surface area contributed by atoms with E-state index in [1.807, 2.05) is 12.1 Å². The van der Waals surface area contributed by atoms with Gasteiger partial charge in [0.1, 0.15) is 0 Å². The van der Waals surface area contributed by atoms with Crippen molar-refractivity contribution >= 4 is 5.69 Å². The molecule has 1 heterocycles. The normalized spacial score (nSPS) is 10.2. The van der Waals surface area contributed by atoms with Crippen LogP contribution in [0.15, 0.2) is 41.3 Å². The van der Waals surface area contributed by atoms with E-state index in [9.17, 15) is 4.79 Å². The number of aromatic nitrogens is 2. The van der Waals surface area contributed by atoms with Gasteiger partial charge in [0.05, 0.1) is 11.9 Å². The Balaban J connectivity index is 1.92. The number of nitrogens with zero attached hydrogens (tertiary/aromatic N) is 1. The Hall–Kier alpha value is -2.10. The summed E-state index contributed by atoms with van der Waals surface area (Å²) in [5.41, 5.74) is 3.17. The minimum Gasteiger partial charge on any atom is -0.383 e. The fraction of sp³-hybridized carbons (Fsp3) is 0.231. The molecule has 2 N–H and O–H groups in total. The number of benzene rings is 1. The van der Waals surface area contributed by atoms with Crippen LogP contribution in [0.4, 0.5) is 5.69 Å². The van der Waals surface area contributed by atoms with E-state index in [2.05, 4.69) is 34.6 Å². The molecule has 0 aliphatic carbocycles. The molecule has 0 spiro atoms. The Labute approximate surface area is 99.7 Å². The maximum atomic E-state index is 11.0. The lowest BCUT2D eigenvalue weighted by molar-refractivity contribution is 0.965. The Bertz CT molecular complexity index is 548. The van der Waals surface area contributed by atoms with Crippen molar-refractivity contribution in [3.05, 3.63) is 58.0 Å². The lowest BCUT2D eigenvalue weighted by atomic mass is 10.1. The lowest BCUT2D eigenvalue weighted by Gasteiger charge is -2.07. The molecular formula is C13H15N3O. The molecule has 2 rings (SSSR count). The summed E-state index contributed by atoms with van der Waals surface area (Å²) in [5.74, 6) is 0. The minimum absolute atomic E-state index is 0.189. The van der Waals surface area contributed by atoms with E-state index >= 15 is 0 Å². The zero-order chi connectivity index (χ0) is 12.1. The van der Waals surface area contributed by atoms with Crippen LogP contribution < -0.4 is 10.9 Å². The molecule has 4 heteroatoms. The maximum Gasteiger partial charge on any atom is 0.266 e. The third-order valence-corrected chi connectivity index (χ3v) is 2.65. The fourth-order valence-corrected chi connectivity index (χ4v) is 1.70. The first-order chi connectivity index (χ1) is 8.25. The van der Waals surface area contributed by atoms with Gasteiger partial charge in [0.2, 0.25) is 0 Å². The van der Waals surface area contributed by atoms with Crippen LogP contribution in [0.5, 0.6) is 0 Å². The van der Waals surface area contributed by atoms with Crippen molar-refractivity contribution in [2.75, 3.05) is 11.9 Å². The summed E-state index contributed by atoms with van der Waals surface area (Å²) in [4.78, 5) is 11.0. The van der Waals surface area contributed by atoms with Crippen molar-refractivity contribution in [2.45, 2.75) is 13.3 Å². The highest BCUT2D eigenvalue weighted by Gasteiger charge is 1.97. The Morgan fingerprint density at radius 3 is 2.94 bits per heavy atom. The van der Waals surface area contributed by atoms with E-state index in [0.717, 1.165) is 18.7 Å². The number of nitrogens with one attached hydrogen (secondary N) is 2. The SMILES string of the molecule is Cc1ccccc1CCNc1cn[nH]c(=O)c1. The standard InChI is InChI=1S/C13H15N3O/c1-10-4-2-3-5-11(10)6-7-14-12-8-13(17)16-15-9-12/h2-5,8-9H,6-7H2,1H3,(H2,14,16,17). The number of H-pyrrole nitrogens is 1. The van der Waals surface area contributed by atoms with Gasteiger partial charge < -0.3 is 5.32 Å². The molecule has 88 valence electrons. The van der Waals surface area contributed by atoms with Gasteiger partial charge in [-0.1, -0.05) is 24.3 Å². The van der Waals surface area contributed by atoms with Gasteiger partial charge >= 0.3 is 0 Å². The highest BCUT2D eigenvalue weighted by atomic mass is 16.1. The summed E-state index contributed by atoms with van der Waals surface area (Å²) in [7, 11) is 0. The molecular weight excluding hydrogens is 214 g/mol. The molecule has 0 atom stereocenters. The second-order valence-corrected chi connectivity index (χ2v) is 3.94. The predicted molar refractivity (Wildman–Crippen MR) is 68.2 cm³/mol. The summed E-state index contributed by atoms with van der Waals surface area (Å²) < 4.78 is 0. The second-order valence-electron chi connectivity index (χ2n) is 3.94. The summed E-state index contributed by atoms with van der Waals surface area (Å²) in [6.45, 7) is 2.89. The van der Waals surface area contributed by atoms with Crippen molar-refractivity contribution in [3.8, 4) is 0 Å². The molecule has 0 saturated heterocycles. The van der Waals surface area contributed by atoms with E-state index in [0.29, 0.717) is 0 Å². The molecule has 17 heavy (non-hydrogen) atoms. The molecule has 1 aromatic heterocycles. The van der Waals surface area contributed by atoms with Crippen molar-refractivity contribution < 1.29 is 0 Å². The summed E-state index contributed by atoms with van der Waals surface area (Å²) in [5, 5.41) is 9.25. The second kappa shape index (κ2) is 5.30. The summed E-state index contributed by atoms with van der Waals surface area (Å²) >= 11 is 0. The van der Waals surface area contributed by atoms with Gasteiger partial charge in [-0.3, -0.25) is 4.79 Å². The molecule has 0 saturated carbocycles. The van der Waals surface area contributed by atoms with Crippen LogP contribution in [-0.4, -0.2) is 16.7 Å². The van der Waals surface area contributed by atoms with Crippen LogP contribution in [0.3, 0.4) is 0 Å². The molecule has 4 nitrogen and oxygen atoms in total. The number of rotatable bonds is 4. The first kappa shape index (κ1) is 11.4. The van der Waals surface area contributed by atoms with Gasteiger partial charge in [-0.25, -0.2) is 5.10 Å². The molecule has 0 unspecified atom stereocenters. The van der Waals surface area contributed by atoms with Gasteiger partial charge in [0.15, 0.2) is 0 Å². The molecule has 2 aromatic rings. The Morgan fingerprint density at radius 2 is 2.18 bits per heavy atom. The summed E-state index contributed by atoms with van der Waals surface area (Å²) in [6, 6.07) is 9.80. The minimum atomic E-state index is -0.189. The quantitative estimate of drug-likeness (QED) is 0.839. The number of hydrogen-bond donors (Lipinski definition) is 2. The average molecular weight is 229 g/mol. The molecule has 0 aliphatic rings. The smallest absolute Gasteiger partial charge is 0.266 e. The van der Waals surface area contributed by atoms with Crippen LogP contribution in [-0.2, 0) is 6.42 Å². The molecule has 0 bridgehead atoms. The number of hydrogen-bond acceptors (Lipinski definition) is 3. The molecule has 1 aromatic carbocycles. The van der Waals surface area contributed by atoms with Crippen LogP contribution in [0.1, 0.15) is 11.1 Å². The molecule has 0 radical (unpaired) electrons. The van der Waals surface area contributed by atoms with Crippen molar-refractivity contribution in [1.29, 1.82) is 0 Å². The molecule has 0 aliphatic heterocycles. The molecule has 0 fully saturated rings. The zero-order valence-corrected chi connectivity index (χ0v) is 9.73. The third kappa shape index (κ3) is 3.17. The number of aryl methyl sites for hydroxylation is 1. The first-order valence-electron chi connectivity index (χ1n) is 5.59. The van der Waals surface area contributed by atoms with Crippen molar-refractivity contribution in [3.63, 3.8) is 0 Å². The zero-order valence-electron chi connectivity index (χ0n) is 9.73. The third-order valence-electron chi connectivity index (χ3n) is 2.65. The topological polar surface area (TPSA) is 57.8 Å². The average Bonchev–Trinajstić information content (AvgIpc) is 2.32. The van der Waals surface area contributed by atoms with Gasteiger partial charge in [-0.15, -0.1) is 0 Å². The van der Waals surface area contributed by atoms with Crippen molar-refractivity contribution in [1.82, 2.24) is 10.2 Å². The van der Waals surface area contributed by atoms with E-state index in [-0.39, 0.29) is 5.56 Å². The van der Waals surface area contributed by atoms with Crippen LogP contribution >= 0.6 is 0 Å². The maximum absolute atomic E-state index is 11.0. The summed E-state index contributed by atoms with van der Waals surface area (Å²) in [6.07, 6.45) is 2.54. The van der Waals surface area contributed by atoms with Gasteiger partial charge in [-0.05, 0) is 24.5 Å². The number of anilines is 1. The lowest BCUT2D eigenvalue weighted by Crippen LogP contribution is -2.11. The molecule has 0 amide bonds.